The second-order valence-electron chi connectivity index (χ2n) is 5.99. The average Bonchev–Trinajstić information content (AvgIpc) is 2.54. The molecule has 5 nitrogen and oxygen atoms in total. The molecule has 0 radical (unpaired) electrons. The van der Waals surface area contributed by atoms with Crippen LogP contribution in [0.15, 0.2) is 24.3 Å². The zero-order valence-electron chi connectivity index (χ0n) is 14.7. The van der Waals surface area contributed by atoms with E-state index in [1.807, 2.05) is 13.8 Å². The molecule has 134 valence electrons. The van der Waals surface area contributed by atoms with Gasteiger partial charge in [0.05, 0.1) is 0 Å². The molecule has 3 N–H and O–H groups in total. The number of halogens is 1. The molecule has 1 aromatic rings. The van der Waals surface area contributed by atoms with Crippen LogP contribution < -0.4 is 16.0 Å². The maximum atomic E-state index is 12.8. The van der Waals surface area contributed by atoms with E-state index in [0.29, 0.717) is 6.42 Å². The summed E-state index contributed by atoms with van der Waals surface area (Å²) in [4.78, 5) is 24.3. The van der Waals surface area contributed by atoms with Crippen LogP contribution in [-0.4, -0.2) is 24.0 Å². The van der Waals surface area contributed by atoms with Crippen LogP contribution in [0.4, 0.5) is 9.18 Å². The molecule has 1 rings (SSSR count). The molecular formula is C18H28FN3O2. The molecular weight excluding hydrogens is 309 g/mol. The molecule has 24 heavy (non-hydrogen) atoms. The lowest BCUT2D eigenvalue weighted by Gasteiger charge is -2.21. The number of rotatable bonds is 9. The number of amides is 3. The molecule has 0 fully saturated rings. The Hall–Kier alpha value is -2.11. The standard InChI is InChI=1S/C18H28FN3O2/c1-4-6-13(3)21-17(23)16(7-5-2)22-18(24)20-12-14-8-10-15(19)11-9-14/h8-11,13,16H,4-7,12H2,1-3H3,(H,21,23)(H2,20,22,24). The maximum Gasteiger partial charge on any atom is 0.315 e. The van der Waals surface area contributed by atoms with Gasteiger partial charge in [-0.1, -0.05) is 38.8 Å². The summed E-state index contributed by atoms with van der Waals surface area (Å²) < 4.78 is 12.8. The summed E-state index contributed by atoms with van der Waals surface area (Å²) in [5, 5.41) is 8.33. The SMILES string of the molecule is CCCC(C)NC(=O)C(CCC)NC(=O)NCc1ccc(F)cc1. The highest BCUT2D eigenvalue weighted by Gasteiger charge is 2.20. The Balaban J connectivity index is 2.49. The highest BCUT2D eigenvalue weighted by atomic mass is 19.1. The molecule has 0 heterocycles. The Kier molecular flexibility index (Phi) is 8.83. The van der Waals surface area contributed by atoms with Crippen molar-refractivity contribution in [2.75, 3.05) is 0 Å². The van der Waals surface area contributed by atoms with Crippen molar-refractivity contribution in [3.63, 3.8) is 0 Å². The lowest BCUT2D eigenvalue weighted by Crippen LogP contribution is -2.51. The number of benzene rings is 1. The van der Waals surface area contributed by atoms with Crippen LogP contribution in [0.25, 0.3) is 0 Å². The number of hydrogen-bond acceptors (Lipinski definition) is 2. The van der Waals surface area contributed by atoms with Gasteiger partial charge in [-0.2, -0.15) is 0 Å². The smallest absolute Gasteiger partial charge is 0.315 e. The Bertz CT molecular complexity index is 520. The van der Waals surface area contributed by atoms with Gasteiger partial charge in [0, 0.05) is 12.6 Å². The molecule has 0 spiro atoms. The van der Waals surface area contributed by atoms with Gasteiger partial charge in [-0.3, -0.25) is 4.79 Å². The van der Waals surface area contributed by atoms with Crippen molar-refractivity contribution in [3.8, 4) is 0 Å². The fourth-order valence-corrected chi connectivity index (χ4v) is 2.40. The summed E-state index contributed by atoms with van der Waals surface area (Å²) in [5.41, 5.74) is 0.791. The zero-order valence-corrected chi connectivity index (χ0v) is 14.7. The van der Waals surface area contributed by atoms with Gasteiger partial charge in [0.1, 0.15) is 11.9 Å². The number of carbonyl (C=O) groups excluding carboxylic acids is 2. The third-order valence-corrected chi connectivity index (χ3v) is 3.68. The first-order valence-corrected chi connectivity index (χ1v) is 8.55. The second kappa shape index (κ2) is 10.6. The van der Waals surface area contributed by atoms with E-state index >= 15 is 0 Å². The van der Waals surface area contributed by atoms with E-state index in [4.69, 9.17) is 0 Å². The van der Waals surface area contributed by atoms with Crippen LogP contribution in [0, 0.1) is 5.82 Å². The van der Waals surface area contributed by atoms with Crippen LogP contribution in [0.2, 0.25) is 0 Å². The van der Waals surface area contributed by atoms with Crippen molar-refractivity contribution < 1.29 is 14.0 Å². The van der Waals surface area contributed by atoms with Crippen molar-refractivity contribution in [3.05, 3.63) is 35.6 Å². The third kappa shape index (κ3) is 7.44. The van der Waals surface area contributed by atoms with Gasteiger partial charge < -0.3 is 16.0 Å². The largest absolute Gasteiger partial charge is 0.352 e. The summed E-state index contributed by atoms with van der Waals surface area (Å²) >= 11 is 0. The maximum absolute atomic E-state index is 12.8. The van der Waals surface area contributed by atoms with Crippen LogP contribution in [0.1, 0.15) is 52.0 Å². The van der Waals surface area contributed by atoms with E-state index in [-0.39, 0.29) is 24.3 Å². The molecule has 2 unspecified atom stereocenters. The minimum atomic E-state index is -0.553. The topological polar surface area (TPSA) is 70.2 Å². The summed E-state index contributed by atoms with van der Waals surface area (Å²) in [7, 11) is 0. The van der Waals surface area contributed by atoms with E-state index in [0.717, 1.165) is 24.8 Å². The fourth-order valence-electron chi connectivity index (χ4n) is 2.40. The summed E-state index contributed by atoms with van der Waals surface area (Å²) in [6, 6.07) is 5.04. The molecule has 0 aliphatic rings. The summed E-state index contributed by atoms with van der Waals surface area (Å²) in [6.45, 7) is 6.26. The predicted molar refractivity (Wildman–Crippen MR) is 93.0 cm³/mol. The van der Waals surface area contributed by atoms with Gasteiger partial charge in [0.25, 0.3) is 0 Å². The lowest BCUT2D eigenvalue weighted by molar-refractivity contribution is -0.123. The molecule has 6 heteroatoms. The van der Waals surface area contributed by atoms with Crippen molar-refractivity contribution in [2.24, 2.45) is 0 Å². The van der Waals surface area contributed by atoms with Crippen molar-refractivity contribution in [1.29, 1.82) is 0 Å². The predicted octanol–water partition coefficient (Wildman–Crippen LogP) is 3.10. The quantitative estimate of drug-likeness (QED) is 0.648. The molecule has 0 saturated heterocycles. The Labute approximate surface area is 143 Å². The van der Waals surface area contributed by atoms with E-state index in [2.05, 4.69) is 22.9 Å². The number of nitrogens with one attached hydrogen (secondary N) is 3. The van der Waals surface area contributed by atoms with Crippen LogP contribution in [0.3, 0.4) is 0 Å². The van der Waals surface area contributed by atoms with Crippen molar-refractivity contribution in [2.45, 2.75) is 65.1 Å². The molecule has 2 atom stereocenters. The normalized spacial score (nSPS) is 13.0. The number of urea groups is 1. The van der Waals surface area contributed by atoms with E-state index in [1.54, 1.807) is 12.1 Å². The van der Waals surface area contributed by atoms with E-state index < -0.39 is 12.1 Å². The van der Waals surface area contributed by atoms with Gasteiger partial charge in [0.15, 0.2) is 0 Å². The highest BCUT2D eigenvalue weighted by Crippen LogP contribution is 2.03. The Morgan fingerprint density at radius 1 is 1.04 bits per heavy atom. The fraction of sp³-hybridized carbons (Fsp3) is 0.556. The van der Waals surface area contributed by atoms with Crippen LogP contribution >= 0.6 is 0 Å². The third-order valence-electron chi connectivity index (χ3n) is 3.68. The molecule has 0 bridgehead atoms. The van der Waals surface area contributed by atoms with Crippen molar-refractivity contribution >= 4 is 11.9 Å². The molecule has 3 amide bonds. The van der Waals surface area contributed by atoms with E-state index in [9.17, 15) is 14.0 Å². The summed E-state index contributed by atoms with van der Waals surface area (Å²) in [6.07, 6.45) is 3.26. The molecule has 0 aliphatic heterocycles. The summed E-state index contributed by atoms with van der Waals surface area (Å²) in [5.74, 6) is -0.473. The first-order chi connectivity index (χ1) is 11.5. The molecule has 0 aliphatic carbocycles. The molecule has 0 saturated carbocycles. The Morgan fingerprint density at radius 2 is 1.67 bits per heavy atom. The number of hydrogen-bond donors (Lipinski definition) is 3. The van der Waals surface area contributed by atoms with Crippen LogP contribution in [0.5, 0.6) is 0 Å². The van der Waals surface area contributed by atoms with Gasteiger partial charge >= 0.3 is 6.03 Å². The van der Waals surface area contributed by atoms with Gasteiger partial charge in [-0.25, -0.2) is 9.18 Å². The van der Waals surface area contributed by atoms with Crippen LogP contribution in [-0.2, 0) is 11.3 Å². The molecule has 0 aromatic heterocycles. The monoisotopic (exact) mass is 337 g/mol. The highest BCUT2D eigenvalue weighted by molar-refractivity contribution is 5.87. The molecule has 1 aromatic carbocycles. The Morgan fingerprint density at radius 3 is 2.25 bits per heavy atom. The lowest BCUT2D eigenvalue weighted by atomic mass is 10.1. The van der Waals surface area contributed by atoms with Gasteiger partial charge in [0.2, 0.25) is 5.91 Å². The second-order valence-corrected chi connectivity index (χ2v) is 5.99. The van der Waals surface area contributed by atoms with Gasteiger partial charge in [-0.05, 0) is 37.5 Å². The number of carbonyl (C=O) groups is 2. The minimum absolute atomic E-state index is 0.0888. The minimum Gasteiger partial charge on any atom is -0.352 e. The average molecular weight is 337 g/mol. The first-order valence-electron chi connectivity index (χ1n) is 8.55. The van der Waals surface area contributed by atoms with E-state index in [1.165, 1.54) is 12.1 Å². The van der Waals surface area contributed by atoms with Crippen molar-refractivity contribution in [1.82, 2.24) is 16.0 Å². The van der Waals surface area contributed by atoms with Gasteiger partial charge in [-0.15, -0.1) is 0 Å². The zero-order chi connectivity index (χ0) is 17.9. The first kappa shape index (κ1) is 19.9.